The summed E-state index contributed by atoms with van der Waals surface area (Å²) in [5.41, 5.74) is -1.64. The first-order chi connectivity index (χ1) is 6.05. The number of carbonyl (C=O) groups is 1. The lowest BCUT2D eigenvalue weighted by Crippen LogP contribution is -2.52. The largest absolute Gasteiger partial charge is 0.360 e. The van der Waals surface area contributed by atoms with E-state index in [-0.39, 0.29) is 23.6 Å². The fourth-order valence-corrected chi connectivity index (χ4v) is 2.78. The highest BCUT2D eigenvalue weighted by molar-refractivity contribution is 6.03. The van der Waals surface area contributed by atoms with E-state index in [9.17, 15) is 4.79 Å². The highest BCUT2D eigenvalue weighted by Gasteiger charge is 2.90. The van der Waals surface area contributed by atoms with Gasteiger partial charge in [0.2, 0.25) is 5.78 Å². The number of ketones is 1. The van der Waals surface area contributed by atoms with Gasteiger partial charge in [-0.05, 0) is 13.8 Å². The summed E-state index contributed by atoms with van der Waals surface area (Å²) in [5, 5.41) is 0. The lowest BCUT2D eigenvalue weighted by Gasteiger charge is -2.21. The number of rotatable bonds is 0. The molecule has 13 heavy (non-hydrogen) atoms. The molecule has 4 nitrogen and oxygen atoms in total. The van der Waals surface area contributed by atoms with E-state index in [2.05, 4.69) is 0 Å². The van der Waals surface area contributed by atoms with E-state index in [1.54, 1.807) is 0 Å². The second-order valence-electron chi connectivity index (χ2n) is 4.74. The van der Waals surface area contributed by atoms with Crippen molar-refractivity contribution in [1.29, 1.82) is 0 Å². The van der Waals surface area contributed by atoms with Gasteiger partial charge >= 0.3 is 0 Å². The predicted molar refractivity (Wildman–Crippen MR) is 40.2 cm³/mol. The van der Waals surface area contributed by atoms with Crippen molar-refractivity contribution in [3.05, 3.63) is 0 Å². The molecule has 4 aliphatic rings. The van der Waals surface area contributed by atoms with Gasteiger partial charge in [0.05, 0.1) is 6.61 Å². The molecule has 3 saturated heterocycles. The molecule has 4 fully saturated rings. The lowest BCUT2D eigenvalue weighted by atomic mass is 9.74. The van der Waals surface area contributed by atoms with Gasteiger partial charge in [-0.3, -0.25) is 4.79 Å². The summed E-state index contributed by atoms with van der Waals surface area (Å²) in [6.07, 6.45) is 0.0672. The first kappa shape index (κ1) is 6.92. The topological polar surface area (TPSA) is 54.7 Å². The molecular formula is C9H10O4. The molecule has 0 aromatic carbocycles. The molecule has 5 atom stereocenters. The van der Waals surface area contributed by atoms with E-state index in [4.69, 9.17) is 14.2 Å². The predicted octanol–water partition coefficient (Wildman–Crippen LogP) is -0.347. The van der Waals surface area contributed by atoms with Crippen LogP contribution in [0, 0.1) is 0 Å². The van der Waals surface area contributed by atoms with Crippen LogP contribution in [0.2, 0.25) is 0 Å². The molecule has 0 N–H and O–H groups in total. The number of hydrogen-bond acceptors (Lipinski definition) is 4. The van der Waals surface area contributed by atoms with Crippen molar-refractivity contribution in [2.75, 3.05) is 6.61 Å². The van der Waals surface area contributed by atoms with Gasteiger partial charge in [0.15, 0.2) is 11.2 Å². The molecular weight excluding hydrogens is 172 g/mol. The monoisotopic (exact) mass is 182 g/mol. The molecule has 1 aliphatic carbocycles. The Kier molecular flexibility index (Phi) is 0.734. The summed E-state index contributed by atoms with van der Waals surface area (Å²) in [5.74, 6) is 0.0845. The number of ether oxygens (including phenoxy) is 3. The number of fused-ring (bicyclic) bond motifs is 4. The number of epoxide rings is 3. The SMILES string of the molecule is C[C@@]12O[C@@H]1[C@H]1O[C@@]1(C)[C@@]1(CO1)C2=O. The average Bonchev–Trinajstić information content (AvgIpc) is 2.83. The molecule has 0 aromatic rings. The maximum atomic E-state index is 12.0. The quantitative estimate of drug-likeness (QED) is 0.481. The van der Waals surface area contributed by atoms with Gasteiger partial charge in [-0.2, -0.15) is 0 Å². The maximum Gasteiger partial charge on any atom is 0.204 e. The molecule has 70 valence electrons. The second kappa shape index (κ2) is 1.38. The fraction of sp³-hybridized carbons (Fsp3) is 0.889. The smallest absolute Gasteiger partial charge is 0.204 e. The summed E-state index contributed by atoms with van der Waals surface area (Å²) in [6, 6.07) is 0. The average molecular weight is 182 g/mol. The van der Waals surface area contributed by atoms with E-state index in [1.165, 1.54) is 0 Å². The molecule has 0 unspecified atom stereocenters. The molecule has 4 rings (SSSR count). The summed E-state index contributed by atoms with van der Waals surface area (Å²) in [4.78, 5) is 12.0. The van der Waals surface area contributed by atoms with Crippen LogP contribution in [0.4, 0.5) is 0 Å². The number of carbonyl (C=O) groups excluding carboxylic acids is 1. The van der Waals surface area contributed by atoms with E-state index in [0.29, 0.717) is 6.61 Å². The molecule has 3 aliphatic heterocycles. The van der Waals surface area contributed by atoms with Gasteiger partial charge in [-0.1, -0.05) is 0 Å². The van der Waals surface area contributed by atoms with E-state index < -0.39 is 11.2 Å². The van der Waals surface area contributed by atoms with E-state index in [1.807, 2.05) is 13.8 Å². The van der Waals surface area contributed by atoms with Gasteiger partial charge in [0, 0.05) is 0 Å². The zero-order valence-electron chi connectivity index (χ0n) is 7.49. The van der Waals surface area contributed by atoms with Crippen LogP contribution in [0.1, 0.15) is 13.8 Å². The number of Topliss-reactive ketones (excluding diaryl/α,β-unsaturated/α-hetero) is 1. The molecule has 0 bridgehead atoms. The highest BCUT2D eigenvalue weighted by atomic mass is 16.7. The Hall–Kier alpha value is -0.450. The van der Waals surface area contributed by atoms with Crippen LogP contribution in [0.15, 0.2) is 0 Å². The maximum absolute atomic E-state index is 12.0. The van der Waals surface area contributed by atoms with Crippen LogP contribution in [0.3, 0.4) is 0 Å². The molecule has 0 radical (unpaired) electrons. The first-order valence-electron chi connectivity index (χ1n) is 4.59. The molecule has 1 saturated carbocycles. The lowest BCUT2D eigenvalue weighted by molar-refractivity contribution is -0.131. The van der Waals surface area contributed by atoms with Crippen LogP contribution in [-0.4, -0.2) is 41.4 Å². The minimum absolute atomic E-state index is 0.0141. The zero-order chi connectivity index (χ0) is 9.06. The Balaban J connectivity index is 1.89. The third-order valence-electron chi connectivity index (χ3n) is 4.04. The summed E-state index contributed by atoms with van der Waals surface area (Å²) < 4.78 is 16.3. The molecule has 3 heterocycles. The van der Waals surface area contributed by atoms with Crippen molar-refractivity contribution < 1.29 is 19.0 Å². The summed E-state index contributed by atoms with van der Waals surface area (Å²) in [7, 11) is 0. The van der Waals surface area contributed by atoms with Gasteiger partial charge in [0.1, 0.15) is 17.8 Å². The van der Waals surface area contributed by atoms with Crippen LogP contribution >= 0.6 is 0 Å². The minimum atomic E-state index is -0.653. The zero-order valence-corrected chi connectivity index (χ0v) is 7.49. The molecule has 4 heteroatoms. The van der Waals surface area contributed by atoms with Crippen molar-refractivity contribution in [3.63, 3.8) is 0 Å². The van der Waals surface area contributed by atoms with Crippen molar-refractivity contribution in [2.45, 2.75) is 42.9 Å². The fourth-order valence-electron chi connectivity index (χ4n) is 2.78. The minimum Gasteiger partial charge on any atom is -0.360 e. The first-order valence-corrected chi connectivity index (χ1v) is 4.59. The van der Waals surface area contributed by atoms with Crippen LogP contribution < -0.4 is 0 Å². The van der Waals surface area contributed by atoms with Crippen molar-refractivity contribution in [1.82, 2.24) is 0 Å². The van der Waals surface area contributed by atoms with Crippen LogP contribution in [0.25, 0.3) is 0 Å². The molecule has 1 spiro atoms. The molecule has 0 aromatic heterocycles. The Morgan fingerprint density at radius 2 is 2.00 bits per heavy atom. The Morgan fingerprint density at radius 3 is 2.62 bits per heavy atom. The van der Waals surface area contributed by atoms with Gasteiger partial charge in [-0.15, -0.1) is 0 Å². The third-order valence-corrected chi connectivity index (χ3v) is 4.04. The van der Waals surface area contributed by atoms with Gasteiger partial charge < -0.3 is 14.2 Å². The standard InChI is InChI=1S/C9H10O4/c1-7-4(12-7)5-8(2,13-5)9(3-11-9)6(7)10/h4-5H,3H2,1-2H3/t4-,5-,7-,8-,9-/m1/s1. The number of hydrogen-bond donors (Lipinski definition) is 0. The van der Waals surface area contributed by atoms with Crippen LogP contribution in [-0.2, 0) is 19.0 Å². The summed E-state index contributed by atoms with van der Waals surface area (Å²) >= 11 is 0. The highest BCUT2D eigenvalue weighted by Crippen LogP contribution is 2.67. The Bertz CT molecular complexity index is 348. The third kappa shape index (κ3) is 0.466. The van der Waals surface area contributed by atoms with Gasteiger partial charge in [0.25, 0.3) is 0 Å². The van der Waals surface area contributed by atoms with E-state index >= 15 is 0 Å². The van der Waals surface area contributed by atoms with Crippen LogP contribution in [0.5, 0.6) is 0 Å². The summed E-state index contributed by atoms with van der Waals surface area (Å²) in [6.45, 7) is 4.29. The second-order valence-corrected chi connectivity index (χ2v) is 4.74. The molecule has 0 amide bonds. The normalized spacial score (nSPS) is 71.7. The van der Waals surface area contributed by atoms with Crippen molar-refractivity contribution >= 4 is 5.78 Å². The Morgan fingerprint density at radius 1 is 1.31 bits per heavy atom. The Labute approximate surface area is 75.1 Å². The van der Waals surface area contributed by atoms with Gasteiger partial charge in [-0.25, -0.2) is 0 Å². The van der Waals surface area contributed by atoms with Crippen molar-refractivity contribution in [3.8, 4) is 0 Å². The van der Waals surface area contributed by atoms with Crippen molar-refractivity contribution in [2.24, 2.45) is 0 Å². The van der Waals surface area contributed by atoms with E-state index in [0.717, 1.165) is 0 Å².